The number of hydrogen-bond acceptors (Lipinski definition) is 3. The predicted molar refractivity (Wildman–Crippen MR) is 91.9 cm³/mol. The van der Waals surface area contributed by atoms with E-state index in [4.69, 9.17) is 4.74 Å². The van der Waals surface area contributed by atoms with Gasteiger partial charge in [-0.25, -0.2) is 4.98 Å². The standard InChI is InChI=1S/C17H18BrN3O/c1-2-22-16-8-7-13(18)9-12(16)10-19-11-17-20-14-5-3-4-6-15(14)21-17/h3-9,19H,2,10-11H2,1H3,(H,20,21). The topological polar surface area (TPSA) is 49.9 Å². The first kappa shape index (κ1) is 15.1. The summed E-state index contributed by atoms with van der Waals surface area (Å²) in [6, 6.07) is 14.1. The molecule has 0 saturated heterocycles. The van der Waals surface area contributed by atoms with Crippen molar-refractivity contribution in [2.45, 2.75) is 20.0 Å². The van der Waals surface area contributed by atoms with E-state index >= 15 is 0 Å². The number of benzene rings is 2. The number of rotatable bonds is 6. The molecule has 0 radical (unpaired) electrons. The maximum atomic E-state index is 5.66. The van der Waals surface area contributed by atoms with E-state index in [1.165, 1.54) is 0 Å². The summed E-state index contributed by atoms with van der Waals surface area (Å²) in [4.78, 5) is 7.88. The first-order chi connectivity index (χ1) is 10.8. The van der Waals surface area contributed by atoms with E-state index in [1.54, 1.807) is 0 Å². The Balaban J connectivity index is 1.66. The van der Waals surface area contributed by atoms with Gasteiger partial charge < -0.3 is 15.0 Å². The molecule has 0 spiro atoms. The molecule has 0 fully saturated rings. The van der Waals surface area contributed by atoms with Crippen LogP contribution in [0.15, 0.2) is 46.9 Å². The molecular weight excluding hydrogens is 342 g/mol. The highest BCUT2D eigenvalue weighted by Crippen LogP contribution is 2.23. The van der Waals surface area contributed by atoms with E-state index < -0.39 is 0 Å². The molecule has 0 amide bonds. The molecule has 0 aliphatic heterocycles. The largest absolute Gasteiger partial charge is 0.494 e. The lowest BCUT2D eigenvalue weighted by Crippen LogP contribution is -2.14. The number of para-hydroxylation sites is 2. The summed E-state index contributed by atoms with van der Waals surface area (Å²) in [5.41, 5.74) is 3.20. The first-order valence-corrected chi connectivity index (χ1v) is 8.11. The number of nitrogens with zero attached hydrogens (tertiary/aromatic N) is 1. The van der Waals surface area contributed by atoms with Gasteiger partial charge in [0.2, 0.25) is 0 Å². The van der Waals surface area contributed by atoms with Gasteiger partial charge in [0.05, 0.1) is 24.2 Å². The molecule has 114 valence electrons. The smallest absolute Gasteiger partial charge is 0.123 e. The molecule has 0 unspecified atom stereocenters. The van der Waals surface area contributed by atoms with Crippen LogP contribution in [-0.4, -0.2) is 16.6 Å². The lowest BCUT2D eigenvalue weighted by atomic mass is 10.2. The van der Waals surface area contributed by atoms with Crippen LogP contribution in [0.1, 0.15) is 18.3 Å². The molecule has 1 aromatic heterocycles. The number of ether oxygens (including phenoxy) is 1. The van der Waals surface area contributed by atoms with Gasteiger partial charge in [0.15, 0.2) is 0 Å². The summed E-state index contributed by atoms with van der Waals surface area (Å²) < 4.78 is 6.71. The molecule has 22 heavy (non-hydrogen) atoms. The van der Waals surface area contributed by atoms with Gasteiger partial charge in [0.25, 0.3) is 0 Å². The third kappa shape index (κ3) is 3.48. The van der Waals surface area contributed by atoms with Crippen molar-refractivity contribution in [3.63, 3.8) is 0 Å². The predicted octanol–water partition coefficient (Wildman–Crippen LogP) is 4.01. The molecule has 5 heteroatoms. The average Bonchev–Trinajstić information content (AvgIpc) is 2.92. The monoisotopic (exact) mass is 359 g/mol. The fraction of sp³-hybridized carbons (Fsp3) is 0.235. The summed E-state index contributed by atoms with van der Waals surface area (Å²) in [6.07, 6.45) is 0. The molecule has 2 aromatic carbocycles. The maximum absolute atomic E-state index is 5.66. The van der Waals surface area contributed by atoms with Gasteiger partial charge in [-0.05, 0) is 37.3 Å². The maximum Gasteiger partial charge on any atom is 0.123 e. The van der Waals surface area contributed by atoms with Crippen molar-refractivity contribution in [2.24, 2.45) is 0 Å². The quantitative estimate of drug-likeness (QED) is 0.698. The SMILES string of the molecule is CCOc1ccc(Br)cc1CNCc1nc2ccccc2[nH]1. The number of fused-ring (bicyclic) bond motifs is 1. The van der Waals surface area contributed by atoms with Crippen molar-refractivity contribution in [2.75, 3.05) is 6.61 Å². The number of imidazole rings is 1. The minimum absolute atomic E-state index is 0.665. The molecular formula is C17H18BrN3O. The van der Waals surface area contributed by atoms with E-state index in [-0.39, 0.29) is 0 Å². The fourth-order valence-corrected chi connectivity index (χ4v) is 2.80. The summed E-state index contributed by atoms with van der Waals surface area (Å²) in [7, 11) is 0. The molecule has 2 N–H and O–H groups in total. The van der Waals surface area contributed by atoms with Crippen molar-refractivity contribution in [3.8, 4) is 5.75 Å². The molecule has 4 nitrogen and oxygen atoms in total. The Bertz CT molecular complexity index is 736. The highest BCUT2D eigenvalue weighted by molar-refractivity contribution is 9.10. The van der Waals surface area contributed by atoms with Crippen molar-refractivity contribution >= 4 is 27.0 Å². The van der Waals surface area contributed by atoms with Crippen molar-refractivity contribution < 1.29 is 4.74 Å². The van der Waals surface area contributed by atoms with Gasteiger partial charge >= 0.3 is 0 Å². The van der Waals surface area contributed by atoms with Crippen LogP contribution < -0.4 is 10.1 Å². The van der Waals surface area contributed by atoms with E-state index in [2.05, 4.69) is 37.3 Å². The summed E-state index contributed by atoms with van der Waals surface area (Å²) in [5.74, 6) is 1.86. The van der Waals surface area contributed by atoms with Crippen LogP contribution in [0.5, 0.6) is 5.75 Å². The van der Waals surface area contributed by atoms with Gasteiger partial charge in [0.1, 0.15) is 11.6 Å². The Hall–Kier alpha value is -1.85. The van der Waals surface area contributed by atoms with Gasteiger partial charge in [0, 0.05) is 16.6 Å². The molecule has 3 aromatic rings. The number of aromatic nitrogens is 2. The second-order valence-electron chi connectivity index (χ2n) is 4.99. The summed E-state index contributed by atoms with van der Waals surface area (Å²) in [5, 5.41) is 3.41. The Morgan fingerprint density at radius 3 is 2.86 bits per heavy atom. The zero-order valence-electron chi connectivity index (χ0n) is 12.4. The first-order valence-electron chi connectivity index (χ1n) is 7.32. The fourth-order valence-electron chi connectivity index (χ4n) is 2.39. The molecule has 3 rings (SSSR count). The highest BCUT2D eigenvalue weighted by atomic mass is 79.9. The third-order valence-electron chi connectivity index (χ3n) is 3.37. The van der Waals surface area contributed by atoms with Gasteiger partial charge in [-0.1, -0.05) is 28.1 Å². The third-order valence-corrected chi connectivity index (χ3v) is 3.86. The molecule has 0 bridgehead atoms. The second-order valence-corrected chi connectivity index (χ2v) is 5.90. The van der Waals surface area contributed by atoms with Gasteiger partial charge in [-0.2, -0.15) is 0 Å². The lowest BCUT2D eigenvalue weighted by molar-refractivity contribution is 0.335. The van der Waals surface area contributed by atoms with E-state index in [0.29, 0.717) is 13.2 Å². The van der Waals surface area contributed by atoms with Crippen LogP contribution >= 0.6 is 15.9 Å². The average molecular weight is 360 g/mol. The molecule has 0 saturated carbocycles. The Labute approximate surface area is 138 Å². The molecule has 0 atom stereocenters. The van der Waals surface area contributed by atoms with E-state index in [9.17, 15) is 0 Å². The van der Waals surface area contributed by atoms with Crippen molar-refractivity contribution in [3.05, 3.63) is 58.3 Å². The minimum atomic E-state index is 0.665. The number of hydrogen-bond donors (Lipinski definition) is 2. The number of halogens is 1. The lowest BCUT2D eigenvalue weighted by Gasteiger charge is -2.11. The Morgan fingerprint density at radius 1 is 1.18 bits per heavy atom. The Morgan fingerprint density at radius 2 is 2.05 bits per heavy atom. The normalized spacial score (nSPS) is 11.0. The van der Waals surface area contributed by atoms with Crippen LogP contribution in [-0.2, 0) is 13.1 Å². The molecule has 1 heterocycles. The number of nitrogens with one attached hydrogen (secondary N) is 2. The van der Waals surface area contributed by atoms with Crippen molar-refractivity contribution in [1.29, 1.82) is 0 Å². The van der Waals surface area contributed by atoms with Crippen LogP contribution in [0.25, 0.3) is 11.0 Å². The van der Waals surface area contributed by atoms with Crippen LogP contribution in [0.3, 0.4) is 0 Å². The highest BCUT2D eigenvalue weighted by Gasteiger charge is 2.06. The minimum Gasteiger partial charge on any atom is -0.494 e. The van der Waals surface area contributed by atoms with E-state index in [0.717, 1.165) is 39.2 Å². The second kappa shape index (κ2) is 6.94. The van der Waals surface area contributed by atoms with Crippen molar-refractivity contribution in [1.82, 2.24) is 15.3 Å². The summed E-state index contributed by atoms with van der Waals surface area (Å²) in [6.45, 7) is 4.07. The molecule has 0 aliphatic rings. The van der Waals surface area contributed by atoms with Gasteiger partial charge in [-0.3, -0.25) is 0 Å². The Kier molecular flexibility index (Phi) is 4.75. The van der Waals surface area contributed by atoms with Crippen LogP contribution in [0, 0.1) is 0 Å². The molecule has 0 aliphatic carbocycles. The van der Waals surface area contributed by atoms with Gasteiger partial charge in [-0.15, -0.1) is 0 Å². The zero-order valence-corrected chi connectivity index (χ0v) is 14.0. The number of aromatic amines is 1. The summed E-state index contributed by atoms with van der Waals surface area (Å²) >= 11 is 3.51. The van der Waals surface area contributed by atoms with Crippen LogP contribution in [0.2, 0.25) is 0 Å². The van der Waals surface area contributed by atoms with Crippen LogP contribution in [0.4, 0.5) is 0 Å². The number of H-pyrrole nitrogens is 1. The van der Waals surface area contributed by atoms with E-state index in [1.807, 2.05) is 43.3 Å². The zero-order chi connectivity index (χ0) is 15.4.